The van der Waals surface area contributed by atoms with Gasteiger partial charge < -0.3 is 15.4 Å². The van der Waals surface area contributed by atoms with Crippen molar-refractivity contribution in [2.45, 2.75) is 19.9 Å². The standard InChI is InChI=1S/C19H19N3O3S2/c1-12(23)20-10-15-6-7-17(27-15)16-11-26-19(21-16)22-18(24)9-13-4-3-5-14(8-13)25-2/h3-8,11H,9-10H2,1-2H3,(H,20,23)(H,21,22,24). The number of rotatable bonds is 7. The van der Waals surface area contributed by atoms with Crippen molar-refractivity contribution in [3.63, 3.8) is 0 Å². The van der Waals surface area contributed by atoms with Crippen molar-refractivity contribution in [2.75, 3.05) is 12.4 Å². The molecule has 0 unspecified atom stereocenters. The van der Waals surface area contributed by atoms with E-state index in [0.717, 1.165) is 26.8 Å². The summed E-state index contributed by atoms with van der Waals surface area (Å²) < 4.78 is 5.18. The number of hydrogen-bond acceptors (Lipinski definition) is 6. The Kier molecular flexibility index (Phi) is 6.20. The number of nitrogens with zero attached hydrogens (tertiary/aromatic N) is 1. The van der Waals surface area contributed by atoms with Crippen LogP contribution in [0.5, 0.6) is 5.75 Å². The first-order valence-electron chi connectivity index (χ1n) is 8.25. The van der Waals surface area contributed by atoms with Gasteiger partial charge in [-0.25, -0.2) is 4.98 Å². The molecule has 0 saturated carbocycles. The van der Waals surface area contributed by atoms with Gasteiger partial charge in [0.05, 0.1) is 30.6 Å². The zero-order valence-electron chi connectivity index (χ0n) is 14.9. The molecule has 2 amide bonds. The normalized spacial score (nSPS) is 10.4. The fraction of sp³-hybridized carbons (Fsp3) is 0.211. The van der Waals surface area contributed by atoms with E-state index in [1.807, 2.05) is 41.8 Å². The number of ether oxygens (including phenoxy) is 1. The summed E-state index contributed by atoms with van der Waals surface area (Å²) in [6.07, 6.45) is 0.256. The molecule has 6 nitrogen and oxygen atoms in total. The third-order valence-corrected chi connectivity index (χ3v) is 5.54. The first-order valence-corrected chi connectivity index (χ1v) is 9.95. The van der Waals surface area contributed by atoms with Crippen LogP contribution in [-0.2, 0) is 22.6 Å². The summed E-state index contributed by atoms with van der Waals surface area (Å²) in [5.41, 5.74) is 1.69. The van der Waals surface area contributed by atoms with Gasteiger partial charge in [0.2, 0.25) is 11.8 Å². The van der Waals surface area contributed by atoms with Gasteiger partial charge in [0.25, 0.3) is 0 Å². The summed E-state index contributed by atoms with van der Waals surface area (Å²) in [7, 11) is 1.60. The molecule has 0 spiro atoms. The molecule has 0 bridgehead atoms. The van der Waals surface area contributed by atoms with Gasteiger partial charge in [0, 0.05) is 17.2 Å². The Bertz CT molecular complexity index is 949. The fourth-order valence-electron chi connectivity index (χ4n) is 2.40. The Morgan fingerprint density at radius 1 is 1.22 bits per heavy atom. The van der Waals surface area contributed by atoms with Crippen molar-refractivity contribution < 1.29 is 14.3 Å². The first kappa shape index (κ1) is 19.1. The van der Waals surface area contributed by atoms with Gasteiger partial charge >= 0.3 is 0 Å². The number of thiazole rings is 1. The first-order chi connectivity index (χ1) is 13.0. The van der Waals surface area contributed by atoms with Gasteiger partial charge in [-0.3, -0.25) is 9.59 Å². The number of amides is 2. The molecule has 0 atom stereocenters. The Balaban J connectivity index is 1.60. The molecule has 0 radical (unpaired) electrons. The second-order valence-electron chi connectivity index (χ2n) is 5.79. The molecule has 2 heterocycles. The molecular formula is C19H19N3O3S2. The maximum Gasteiger partial charge on any atom is 0.230 e. The van der Waals surface area contributed by atoms with Crippen molar-refractivity contribution in [3.05, 3.63) is 52.2 Å². The van der Waals surface area contributed by atoms with Crippen molar-refractivity contribution in [1.29, 1.82) is 0 Å². The van der Waals surface area contributed by atoms with E-state index >= 15 is 0 Å². The summed E-state index contributed by atoms with van der Waals surface area (Å²) in [6.45, 7) is 2.00. The third kappa shape index (κ3) is 5.38. The summed E-state index contributed by atoms with van der Waals surface area (Å²) >= 11 is 2.96. The number of carbonyl (C=O) groups excluding carboxylic acids is 2. The summed E-state index contributed by atoms with van der Waals surface area (Å²) in [5.74, 6) is 0.547. The molecule has 27 heavy (non-hydrogen) atoms. The van der Waals surface area contributed by atoms with Crippen LogP contribution in [0.2, 0.25) is 0 Å². The van der Waals surface area contributed by atoms with Crippen molar-refractivity contribution in [3.8, 4) is 16.3 Å². The number of nitrogens with one attached hydrogen (secondary N) is 2. The lowest BCUT2D eigenvalue weighted by Gasteiger charge is -2.04. The highest BCUT2D eigenvalue weighted by Gasteiger charge is 2.11. The molecule has 140 valence electrons. The molecular weight excluding hydrogens is 382 g/mol. The van der Waals surface area contributed by atoms with Crippen LogP contribution in [0.4, 0.5) is 5.13 Å². The van der Waals surface area contributed by atoms with Gasteiger partial charge in [-0.1, -0.05) is 12.1 Å². The lowest BCUT2D eigenvalue weighted by atomic mass is 10.1. The van der Waals surface area contributed by atoms with Crippen LogP contribution < -0.4 is 15.4 Å². The summed E-state index contributed by atoms with van der Waals surface area (Å²) in [5, 5.41) is 8.09. The lowest BCUT2D eigenvalue weighted by Crippen LogP contribution is -2.17. The molecule has 2 N–H and O–H groups in total. The molecule has 0 fully saturated rings. The van der Waals surface area contributed by atoms with Crippen molar-refractivity contribution >= 4 is 39.6 Å². The molecule has 0 aliphatic rings. The average molecular weight is 402 g/mol. The Labute approximate surface area is 165 Å². The van der Waals surface area contributed by atoms with Gasteiger partial charge in [0.15, 0.2) is 5.13 Å². The van der Waals surface area contributed by atoms with E-state index in [1.54, 1.807) is 18.4 Å². The maximum atomic E-state index is 12.3. The minimum atomic E-state index is -0.123. The van der Waals surface area contributed by atoms with E-state index in [4.69, 9.17) is 4.74 Å². The minimum absolute atomic E-state index is 0.0559. The Morgan fingerprint density at radius 3 is 2.85 bits per heavy atom. The molecule has 3 aromatic rings. The Hall–Kier alpha value is -2.71. The maximum absolute atomic E-state index is 12.3. The number of carbonyl (C=O) groups is 2. The number of thiophene rings is 1. The largest absolute Gasteiger partial charge is 0.497 e. The molecule has 8 heteroatoms. The van der Waals surface area contributed by atoms with Crippen LogP contribution in [0.1, 0.15) is 17.4 Å². The smallest absolute Gasteiger partial charge is 0.230 e. The molecule has 2 aromatic heterocycles. The van der Waals surface area contributed by atoms with E-state index in [0.29, 0.717) is 11.7 Å². The average Bonchev–Trinajstić information content (AvgIpc) is 3.29. The summed E-state index contributed by atoms with van der Waals surface area (Å²) in [4.78, 5) is 29.8. The molecule has 3 rings (SSSR count). The van der Waals surface area contributed by atoms with E-state index in [-0.39, 0.29) is 18.2 Å². The van der Waals surface area contributed by atoms with Crippen LogP contribution >= 0.6 is 22.7 Å². The van der Waals surface area contributed by atoms with Gasteiger partial charge in [-0.15, -0.1) is 22.7 Å². The number of anilines is 1. The van der Waals surface area contributed by atoms with Crippen molar-refractivity contribution in [1.82, 2.24) is 10.3 Å². The van der Waals surface area contributed by atoms with E-state index in [2.05, 4.69) is 15.6 Å². The molecule has 0 aliphatic carbocycles. The molecule has 0 saturated heterocycles. The Morgan fingerprint density at radius 2 is 2.07 bits per heavy atom. The third-order valence-electron chi connectivity index (χ3n) is 3.68. The lowest BCUT2D eigenvalue weighted by molar-refractivity contribution is -0.119. The highest BCUT2D eigenvalue weighted by Crippen LogP contribution is 2.30. The number of benzene rings is 1. The van der Waals surface area contributed by atoms with Crippen LogP contribution in [0, 0.1) is 0 Å². The SMILES string of the molecule is COc1cccc(CC(=O)Nc2nc(-c3ccc(CNC(C)=O)s3)cs2)c1. The predicted molar refractivity (Wildman–Crippen MR) is 108 cm³/mol. The van der Waals surface area contributed by atoms with Gasteiger partial charge in [-0.2, -0.15) is 0 Å². The quantitative estimate of drug-likeness (QED) is 0.633. The number of methoxy groups -OCH3 is 1. The van der Waals surface area contributed by atoms with E-state index in [1.165, 1.54) is 18.3 Å². The van der Waals surface area contributed by atoms with Gasteiger partial charge in [-0.05, 0) is 29.8 Å². The highest BCUT2D eigenvalue weighted by atomic mass is 32.1. The van der Waals surface area contributed by atoms with Crippen LogP contribution in [0.25, 0.3) is 10.6 Å². The zero-order valence-corrected chi connectivity index (χ0v) is 16.6. The number of hydrogen-bond donors (Lipinski definition) is 2. The van der Waals surface area contributed by atoms with Crippen LogP contribution in [0.3, 0.4) is 0 Å². The van der Waals surface area contributed by atoms with Crippen LogP contribution in [-0.4, -0.2) is 23.9 Å². The molecule has 1 aromatic carbocycles. The van der Waals surface area contributed by atoms with Gasteiger partial charge in [0.1, 0.15) is 5.75 Å². The van der Waals surface area contributed by atoms with Crippen LogP contribution in [0.15, 0.2) is 41.8 Å². The van der Waals surface area contributed by atoms with E-state index < -0.39 is 0 Å². The second-order valence-corrected chi connectivity index (χ2v) is 7.82. The zero-order chi connectivity index (χ0) is 19.2. The molecule has 0 aliphatic heterocycles. The topological polar surface area (TPSA) is 80.3 Å². The fourth-order valence-corrected chi connectivity index (χ4v) is 4.11. The minimum Gasteiger partial charge on any atom is -0.497 e. The van der Waals surface area contributed by atoms with E-state index in [9.17, 15) is 9.59 Å². The highest BCUT2D eigenvalue weighted by molar-refractivity contribution is 7.17. The number of aromatic nitrogens is 1. The second kappa shape index (κ2) is 8.79. The monoisotopic (exact) mass is 401 g/mol. The van der Waals surface area contributed by atoms with Crippen molar-refractivity contribution in [2.24, 2.45) is 0 Å². The predicted octanol–water partition coefficient (Wildman–Crippen LogP) is 3.70. The summed E-state index contributed by atoms with van der Waals surface area (Å²) in [6, 6.07) is 11.4.